The summed E-state index contributed by atoms with van der Waals surface area (Å²) in [6.45, 7) is 6.13. The van der Waals surface area contributed by atoms with Crippen LogP contribution in [0.5, 0.6) is 0 Å². The van der Waals surface area contributed by atoms with Gasteiger partial charge >= 0.3 is 0 Å². The van der Waals surface area contributed by atoms with Crippen molar-refractivity contribution in [3.63, 3.8) is 0 Å². The molecule has 0 saturated carbocycles. The van der Waals surface area contributed by atoms with Gasteiger partial charge in [-0.3, -0.25) is 14.3 Å². The van der Waals surface area contributed by atoms with E-state index in [4.69, 9.17) is 5.73 Å². The second-order valence-corrected chi connectivity index (χ2v) is 5.25. The fourth-order valence-electron chi connectivity index (χ4n) is 2.64. The van der Waals surface area contributed by atoms with E-state index in [2.05, 4.69) is 31.1 Å². The maximum absolute atomic E-state index is 11.8. The van der Waals surface area contributed by atoms with Gasteiger partial charge in [0.15, 0.2) is 11.5 Å². The van der Waals surface area contributed by atoms with Gasteiger partial charge in [0, 0.05) is 13.0 Å². The summed E-state index contributed by atoms with van der Waals surface area (Å²) in [6.07, 6.45) is 1.81. The molecule has 22 heavy (non-hydrogen) atoms. The van der Waals surface area contributed by atoms with Crippen LogP contribution < -0.4 is 5.73 Å². The van der Waals surface area contributed by atoms with Crippen LogP contribution in [0, 0.1) is 0 Å². The van der Waals surface area contributed by atoms with Crippen LogP contribution in [0.2, 0.25) is 0 Å². The Morgan fingerprint density at radius 2 is 1.77 bits per heavy atom. The Labute approximate surface area is 130 Å². The fraction of sp³-hybridized carbons (Fsp3) is 0.353. The van der Waals surface area contributed by atoms with Crippen LogP contribution >= 0.6 is 0 Å². The van der Waals surface area contributed by atoms with Crippen molar-refractivity contribution >= 4 is 11.7 Å². The van der Waals surface area contributed by atoms with Crippen molar-refractivity contribution in [2.45, 2.75) is 40.2 Å². The standard InChI is InChI=1S/C17H21N3O2/c1-4-12-7-6-8-13(5-2)14(12)10-20-16(11(3)21)9-15(19-20)17(18)22/h6-9H,4-5,10H2,1-3H3,(H2,18,22). The van der Waals surface area contributed by atoms with E-state index >= 15 is 0 Å². The summed E-state index contributed by atoms with van der Waals surface area (Å²) in [5, 5.41) is 4.20. The highest BCUT2D eigenvalue weighted by atomic mass is 16.1. The number of carbonyl (C=O) groups is 2. The molecule has 1 amide bonds. The van der Waals surface area contributed by atoms with Gasteiger partial charge in [0.1, 0.15) is 5.69 Å². The Kier molecular flexibility index (Phi) is 4.75. The Balaban J connectivity index is 2.51. The lowest BCUT2D eigenvalue weighted by atomic mass is 9.97. The van der Waals surface area contributed by atoms with Crippen molar-refractivity contribution in [2.24, 2.45) is 5.73 Å². The number of ketones is 1. The summed E-state index contributed by atoms with van der Waals surface area (Å²) in [6, 6.07) is 7.68. The first-order valence-electron chi connectivity index (χ1n) is 7.46. The van der Waals surface area contributed by atoms with Crippen molar-refractivity contribution in [1.82, 2.24) is 9.78 Å². The van der Waals surface area contributed by atoms with Crippen molar-refractivity contribution in [3.8, 4) is 0 Å². The lowest BCUT2D eigenvalue weighted by Crippen LogP contribution is -2.14. The molecule has 1 aromatic carbocycles. The quantitative estimate of drug-likeness (QED) is 0.832. The van der Waals surface area contributed by atoms with Crippen LogP contribution in [0.25, 0.3) is 0 Å². The number of aryl methyl sites for hydroxylation is 2. The number of rotatable bonds is 6. The van der Waals surface area contributed by atoms with Crippen molar-refractivity contribution in [2.75, 3.05) is 0 Å². The third kappa shape index (κ3) is 3.08. The zero-order chi connectivity index (χ0) is 16.3. The van der Waals surface area contributed by atoms with E-state index in [0.29, 0.717) is 12.2 Å². The summed E-state index contributed by atoms with van der Waals surface area (Å²) >= 11 is 0. The Hall–Kier alpha value is -2.43. The first kappa shape index (κ1) is 15.9. The van der Waals surface area contributed by atoms with E-state index in [1.165, 1.54) is 24.1 Å². The molecule has 0 saturated heterocycles. The third-order valence-corrected chi connectivity index (χ3v) is 3.83. The van der Waals surface area contributed by atoms with Crippen LogP contribution in [0.15, 0.2) is 24.3 Å². The van der Waals surface area contributed by atoms with Gasteiger partial charge in [-0.15, -0.1) is 0 Å². The van der Waals surface area contributed by atoms with Crippen LogP contribution in [-0.4, -0.2) is 21.5 Å². The molecule has 0 spiro atoms. The molecule has 2 N–H and O–H groups in total. The third-order valence-electron chi connectivity index (χ3n) is 3.83. The van der Waals surface area contributed by atoms with Crippen LogP contribution in [0.4, 0.5) is 0 Å². The molecule has 2 rings (SSSR count). The second kappa shape index (κ2) is 6.56. The summed E-state index contributed by atoms with van der Waals surface area (Å²) in [5.41, 5.74) is 9.42. The topological polar surface area (TPSA) is 78.0 Å². The van der Waals surface area contributed by atoms with Gasteiger partial charge in [-0.1, -0.05) is 32.0 Å². The Bertz CT molecular complexity index is 694. The molecule has 0 aliphatic heterocycles. The second-order valence-electron chi connectivity index (χ2n) is 5.25. The highest BCUT2D eigenvalue weighted by Crippen LogP contribution is 2.19. The number of amides is 1. The van der Waals surface area contributed by atoms with Crippen LogP contribution in [0.1, 0.15) is 58.4 Å². The number of aromatic nitrogens is 2. The lowest BCUT2D eigenvalue weighted by molar-refractivity contribution is 0.0990. The Morgan fingerprint density at radius 3 is 2.23 bits per heavy atom. The molecule has 0 atom stereocenters. The van der Waals surface area contributed by atoms with Gasteiger partial charge in [0.05, 0.1) is 6.54 Å². The predicted molar refractivity (Wildman–Crippen MR) is 85.0 cm³/mol. The van der Waals surface area contributed by atoms with E-state index in [9.17, 15) is 9.59 Å². The zero-order valence-corrected chi connectivity index (χ0v) is 13.2. The zero-order valence-electron chi connectivity index (χ0n) is 13.2. The molecule has 0 radical (unpaired) electrons. The molecule has 2 aromatic rings. The molecule has 0 aliphatic rings. The van der Waals surface area contributed by atoms with E-state index < -0.39 is 5.91 Å². The molecular weight excluding hydrogens is 278 g/mol. The number of carbonyl (C=O) groups excluding carboxylic acids is 2. The van der Waals surface area contributed by atoms with Gasteiger partial charge in [0.25, 0.3) is 5.91 Å². The lowest BCUT2D eigenvalue weighted by Gasteiger charge is -2.14. The summed E-state index contributed by atoms with van der Waals surface area (Å²) < 4.78 is 1.58. The van der Waals surface area contributed by atoms with E-state index in [1.807, 2.05) is 6.07 Å². The molecule has 0 fully saturated rings. The molecular formula is C17H21N3O2. The van der Waals surface area contributed by atoms with E-state index in [-0.39, 0.29) is 11.5 Å². The van der Waals surface area contributed by atoms with Crippen molar-refractivity contribution in [3.05, 3.63) is 52.3 Å². The minimum Gasteiger partial charge on any atom is -0.364 e. The number of Topliss-reactive ketones (excluding diaryl/α,β-unsaturated/α-hetero) is 1. The molecule has 5 heteroatoms. The summed E-state index contributed by atoms with van der Waals surface area (Å²) in [7, 11) is 0. The first-order chi connectivity index (χ1) is 10.5. The minimum atomic E-state index is -0.624. The number of nitrogens with zero attached hydrogens (tertiary/aromatic N) is 2. The number of benzene rings is 1. The molecule has 5 nitrogen and oxygen atoms in total. The van der Waals surface area contributed by atoms with Gasteiger partial charge in [-0.05, 0) is 29.5 Å². The Morgan fingerprint density at radius 1 is 1.18 bits per heavy atom. The average molecular weight is 299 g/mol. The number of hydrogen-bond donors (Lipinski definition) is 1. The molecule has 1 heterocycles. The van der Waals surface area contributed by atoms with E-state index in [1.54, 1.807) is 4.68 Å². The molecule has 0 aliphatic carbocycles. The monoisotopic (exact) mass is 299 g/mol. The minimum absolute atomic E-state index is 0.122. The highest BCUT2D eigenvalue weighted by Gasteiger charge is 2.17. The van der Waals surface area contributed by atoms with Crippen LogP contribution in [-0.2, 0) is 19.4 Å². The maximum atomic E-state index is 11.8. The molecule has 0 unspecified atom stereocenters. The SMILES string of the molecule is CCc1cccc(CC)c1Cn1nc(C(N)=O)cc1C(C)=O. The highest BCUT2D eigenvalue weighted by molar-refractivity contribution is 5.97. The number of nitrogens with two attached hydrogens (primary N) is 1. The number of primary amides is 1. The summed E-state index contributed by atoms with van der Waals surface area (Å²) in [4.78, 5) is 23.1. The van der Waals surface area contributed by atoms with Crippen LogP contribution in [0.3, 0.4) is 0 Å². The predicted octanol–water partition coefficient (Wildman–Crippen LogP) is 2.36. The maximum Gasteiger partial charge on any atom is 0.269 e. The molecule has 0 bridgehead atoms. The van der Waals surface area contributed by atoms with Crippen molar-refractivity contribution in [1.29, 1.82) is 0 Å². The van der Waals surface area contributed by atoms with Crippen molar-refractivity contribution < 1.29 is 9.59 Å². The summed E-state index contributed by atoms with van der Waals surface area (Å²) in [5.74, 6) is -0.757. The smallest absolute Gasteiger partial charge is 0.269 e. The van der Waals surface area contributed by atoms with Gasteiger partial charge in [0.2, 0.25) is 0 Å². The fourth-order valence-corrected chi connectivity index (χ4v) is 2.64. The molecule has 116 valence electrons. The van der Waals surface area contributed by atoms with E-state index in [0.717, 1.165) is 18.4 Å². The number of hydrogen-bond acceptors (Lipinski definition) is 3. The van der Waals surface area contributed by atoms with Gasteiger partial charge in [-0.2, -0.15) is 5.10 Å². The molecule has 1 aromatic heterocycles. The first-order valence-corrected chi connectivity index (χ1v) is 7.46. The largest absolute Gasteiger partial charge is 0.364 e. The van der Waals surface area contributed by atoms with Gasteiger partial charge < -0.3 is 5.73 Å². The normalized spacial score (nSPS) is 10.7. The van der Waals surface area contributed by atoms with Gasteiger partial charge in [-0.25, -0.2) is 0 Å². The average Bonchev–Trinajstić information content (AvgIpc) is 2.92.